The molecule has 24 heavy (non-hydrogen) atoms. The van der Waals surface area contributed by atoms with E-state index in [1.54, 1.807) is 36.4 Å². The van der Waals surface area contributed by atoms with Gasteiger partial charge < -0.3 is 9.84 Å². The minimum absolute atomic E-state index is 0.00963. The van der Waals surface area contributed by atoms with Crippen molar-refractivity contribution in [2.75, 3.05) is 6.61 Å². The second kappa shape index (κ2) is 8.47. The molecule has 6 nitrogen and oxygen atoms in total. The maximum absolute atomic E-state index is 11.7. The van der Waals surface area contributed by atoms with E-state index in [9.17, 15) is 9.90 Å². The van der Waals surface area contributed by atoms with Gasteiger partial charge in [0.05, 0.1) is 16.3 Å². The van der Waals surface area contributed by atoms with Gasteiger partial charge in [-0.2, -0.15) is 10.4 Å². The molecule has 2 aromatic carbocycles. The van der Waals surface area contributed by atoms with E-state index in [2.05, 4.69) is 42.4 Å². The first-order valence-electron chi connectivity index (χ1n) is 6.63. The number of nitrogens with zero attached hydrogens (tertiary/aromatic N) is 2. The Morgan fingerprint density at radius 2 is 2.12 bits per heavy atom. The highest BCUT2D eigenvalue weighted by molar-refractivity contribution is 9.11. The van der Waals surface area contributed by atoms with Crippen LogP contribution in [-0.4, -0.2) is 23.8 Å². The molecule has 122 valence electrons. The molecule has 0 heterocycles. The van der Waals surface area contributed by atoms with Crippen molar-refractivity contribution < 1.29 is 14.6 Å². The monoisotopic (exact) mass is 451 g/mol. The van der Waals surface area contributed by atoms with Gasteiger partial charge in [-0.05, 0) is 40.2 Å². The first-order valence-corrected chi connectivity index (χ1v) is 8.21. The van der Waals surface area contributed by atoms with Crippen LogP contribution in [0.3, 0.4) is 0 Å². The summed E-state index contributed by atoms with van der Waals surface area (Å²) < 4.78 is 6.53. The van der Waals surface area contributed by atoms with Gasteiger partial charge in [-0.3, -0.25) is 4.79 Å². The van der Waals surface area contributed by atoms with E-state index in [0.717, 1.165) is 4.47 Å². The largest absolute Gasteiger partial charge is 0.506 e. The zero-order valence-electron chi connectivity index (χ0n) is 12.2. The third-order valence-corrected chi connectivity index (χ3v) is 3.88. The number of phenols is 1. The van der Waals surface area contributed by atoms with E-state index in [-0.39, 0.29) is 12.4 Å². The van der Waals surface area contributed by atoms with Gasteiger partial charge in [0.15, 0.2) is 6.61 Å². The summed E-state index contributed by atoms with van der Waals surface area (Å²) in [5, 5.41) is 22.6. The quantitative estimate of drug-likeness (QED) is 0.537. The fourth-order valence-corrected chi connectivity index (χ4v) is 2.98. The van der Waals surface area contributed by atoms with Crippen molar-refractivity contribution >= 4 is 44.0 Å². The standard InChI is InChI=1S/C16H11Br2N3O3/c17-12-5-11(16(23)13(18)6-12)8-20-21-15(22)9-24-14-4-2-1-3-10(14)7-19/h1-6,8,23H,9H2,(H,21,22)/b20-8+. The molecular formula is C16H11Br2N3O3. The fourth-order valence-electron chi connectivity index (χ4n) is 1.72. The highest BCUT2D eigenvalue weighted by Crippen LogP contribution is 2.30. The molecule has 0 aliphatic heterocycles. The van der Waals surface area contributed by atoms with Crippen LogP contribution in [0.1, 0.15) is 11.1 Å². The number of nitriles is 1. The lowest BCUT2D eigenvalue weighted by atomic mass is 10.2. The minimum Gasteiger partial charge on any atom is -0.506 e. The number of aromatic hydroxyl groups is 1. The Morgan fingerprint density at radius 1 is 1.38 bits per heavy atom. The molecule has 8 heteroatoms. The summed E-state index contributed by atoms with van der Waals surface area (Å²) in [6.45, 7) is -0.288. The summed E-state index contributed by atoms with van der Waals surface area (Å²) in [5.74, 6) is -0.157. The highest BCUT2D eigenvalue weighted by atomic mass is 79.9. The molecule has 0 unspecified atom stereocenters. The summed E-state index contributed by atoms with van der Waals surface area (Å²) in [5.41, 5.74) is 3.05. The third-order valence-electron chi connectivity index (χ3n) is 2.82. The van der Waals surface area contributed by atoms with Gasteiger partial charge >= 0.3 is 0 Å². The normalized spacial score (nSPS) is 10.4. The molecule has 1 amide bonds. The van der Waals surface area contributed by atoms with Crippen molar-refractivity contribution in [2.45, 2.75) is 0 Å². The molecule has 0 fully saturated rings. The average Bonchev–Trinajstić information content (AvgIpc) is 2.57. The Hall–Kier alpha value is -2.37. The SMILES string of the molecule is N#Cc1ccccc1OCC(=O)N/N=C/c1cc(Br)cc(Br)c1O. The minimum atomic E-state index is -0.493. The van der Waals surface area contributed by atoms with Crippen molar-refractivity contribution in [1.29, 1.82) is 5.26 Å². The van der Waals surface area contributed by atoms with Gasteiger partial charge in [-0.25, -0.2) is 5.43 Å². The molecule has 0 spiro atoms. The number of rotatable bonds is 5. The number of nitrogens with one attached hydrogen (secondary N) is 1. The Kier molecular flexibility index (Phi) is 6.35. The topological polar surface area (TPSA) is 94.7 Å². The van der Waals surface area contributed by atoms with Crippen molar-refractivity contribution in [3.63, 3.8) is 0 Å². The maximum Gasteiger partial charge on any atom is 0.277 e. The zero-order chi connectivity index (χ0) is 17.5. The van der Waals surface area contributed by atoms with Gasteiger partial charge in [-0.15, -0.1) is 0 Å². The molecule has 0 saturated carbocycles. The lowest BCUT2D eigenvalue weighted by Crippen LogP contribution is -2.24. The van der Waals surface area contributed by atoms with Crippen LogP contribution in [0.15, 0.2) is 50.4 Å². The molecule has 0 atom stereocenters. The molecule has 0 radical (unpaired) electrons. The van der Waals surface area contributed by atoms with Gasteiger partial charge in [-0.1, -0.05) is 28.1 Å². The molecular weight excluding hydrogens is 442 g/mol. The van der Waals surface area contributed by atoms with Crippen molar-refractivity contribution in [2.24, 2.45) is 5.10 Å². The molecule has 0 aliphatic rings. The smallest absolute Gasteiger partial charge is 0.277 e. The number of hydrogen-bond acceptors (Lipinski definition) is 5. The lowest BCUT2D eigenvalue weighted by Gasteiger charge is -2.06. The molecule has 2 rings (SSSR count). The van der Waals surface area contributed by atoms with Crippen LogP contribution in [0, 0.1) is 11.3 Å². The van der Waals surface area contributed by atoms with Crippen molar-refractivity contribution in [1.82, 2.24) is 5.43 Å². The summed E-state index contributed by atoms with van der Waals surface area (Å²) in [6, 6.07) is 11.9. The number of amides is 1. The first kappa shape index (κ1) is 18.0. The molecule has 2 N–H and O–H groups in total. The number of carbonyl (C=O) groups is 1. The van der Waals surface area contributed by atoms with E-state index < -0.39 is 5.91 Å². The number of ether oxygens (including phenoxy) is 1. The van der Waals surface area contributed by atoms with Crippen molar-refractivity contribution in [3.05, 3.63) is 56.5 Å². The number of benzene rings is 2. The van der Waals surface area contributed by atoms with E-state index in [0.29, 0.717) is 21.3 Å². The Bertz CT molecular complexity index is 832. The van der Waals surface area contributed by atoms with Gasteiger partial charge in [0.2, 0.25) is 0 Å². The van der Waals surface area contributed by atoms with Crippen LogP contribution in [-0.2, 0) is 4.79 Å². The molecule has 0 bridgehead atoms. The molecule has 0 saturated heterocycles. The number of hydrazone groups is 1. The fraction of sp³-hybridized carbons (Fsp3) is 0.0625. The maximum atomic E-state index is 11.7. The lowest BCUT2D eigenvalue weighted by molar-refractivity contribution is -0.123. The molecule has 2 aromatic rings. The highest BCUT2D eigenvalue weighted by Gasteiger charge is 2.07. The van der Waals surface area contributed by atoms with Gasteiger partial charge in [0.1, 0.15) is 17.6 Å². The van der Waals surface area contributed by atoms with E-state index >= 15 is 0 Å². The number of phenolic OH excluding ortho intramolecular Hbond substituents is 1. The third kappa shape index (κ3) is 4.81. The van der Waals surface area contributed by atoms with Crippen LogP contribution < -0.4 is 10.2 Å². The van der Waals surface area contributed by atoms with E-state index in [1.165, 1.54) is 6.21 Å². The zero-order valence-corrected chi connectivity index (χ0v) is 15.3. The van der Waals surface area contributed by atoms with Crippen LogP contribution in [0.25, 0.3) is 0 Å². The number of hydrogen-bond donors (Lipinski definition) is 2. The Balaban J connectivity index is 1.93. The van der Waals surface area contributed by atoms with E-state index in [4.69, 9.17) is 10.00 Å². The number of halogens is 2. The second-order valence-corrected chi connectivity index (χ2v) is 6.29. The average molecular weight is 453 g/mol. The molecule has 0 aromatic heterocycles. The van der Waals surface area contributed by atoms with Gasteiger partial charge in [0.25, 0.3) is 5.91 Å². The van der Waals surface area contributed by atoms with Crippen LogP contribution >= 0.6 is 31.9 Å². The van der Waals surface area contributed by atoms with Gasteiger partial charge in [0, 0.05) is 10.0 Å². The Labute approximate surface area is 155 Å². The summed E-state index contributed by atoms with van der Waals surface area (Å²) in [6.07, 6.45) is 1.31. The van der Waals surface area contributed by atoms with Crippen LogP contribution in [0.5, 0.6) is 11.5 Å². The van der Waals surface area contributed by atoms with Crippen molar-refractivity contribution in [3.8, 4) is 17.6 Å². The first-order chi connectivity index (χ1) is 11.5. The summed E-state index contributed by atoms with van der Waals surface area (Å²) in [7, 11) is 0. The molecule has 0 aliphatic carbocycles. The number of para-hydroxylation sites is 1. The Morgan fingerprint density at radius 3 is 2.88 bits per heavy atom. The second-order valence-electron chi connectivity index (χ2n) is 4.52. The number of carbonyl (C=O) groups excluding carboxylic acids is 1. The predicted molar refractivity (Wildman–Crippen MR) is 95.9 cm³/mol. The predicted octanol–water partition coefficient (Wildman–Crippen LogP) is 3.32. The summed E-state index contributed by atoms with van der Waals surface area (Å²) >= 11 is 6.50. The summed E-state index contributed by atoms with van der Waals surface area (Å²) in [4.78, 5) is 11.7. The van der Waals surface area contributed by atoms with E-state index in [1.807, 2.05) is 6.07 Å². The van der Waals surface area contributed by atoms with Crippen LogP contribution in [0.4, 0.5) is 0 Å². The van der Waals surface area contributed by atoms with Crippen LogP contribution in [0.2, 0.25) is 0 Å².